The lowest BCUT2D eigenvalue weighted by Crippen LogP contribution is -2.49. The summed E-state index contributed by atoms with van der Waals surface area (Å²) in [6.07, 6.45) is 3.02. The molecule has 4 unspecified atom stereocenters. The highest BCUT2D eigenvalue weighted by atomic mass is 16.2. The molecular formula is C25H29N3O3. The van der Waals surface area contributed by atoms with E-state index in [1.165, 1.54) is 0 Å². The van der Waals surface area contributed by atoms with Crippen LogP contribution in [-0.2, 0) is 9.59 Å². The van der Waals surface area contributed by atoms with Gasteiger partial charge < -0.3 is 15.5 Å². The number of amides is 3. The van der Waals surface area contributed by atoms with Crippen LogP contribution >= 0.6 is 0 Å². The van der Waals surface area contributed by atoms with Gasteiger partial charge in [0, 0.05) is 37.5 Å². The Kier molecular flexibility index (Phi) is 6.35. The molecule has 6 heteroatoms. The van der Waals surface area contributed by atoms with Gasteiger partial charge in [-0.1, -0.05) is 55.0 Å². The second-order valence-corrected chi connectivity index (χ2v) is 8.58. The molecular weight excluding hydrogens is 390 g/mol. The molecule has 0 spiro atoms. The Morgan fingerprint density at radius 1 is 0.935 bits per heavy atom. The first-order valence-corrected chi connectivity index (χ1v) is 11.0. The van der Waals surface area contributed by atoms with E-state index < -0.39 is 6.04 Å². The number of carbonyl (C=O) groups excluding carboxylic acids is 3. The third-order valence-corrected chi connectivity index (χ3v) is 6.58. The van der Waals surface area contributed by atoms with E-state index in [4.69, 9.17) is 0 Å². The summed E-state index contributed by atoms with van der Waals surface area (Å²) in [5, 5.41) is 6.12. The van der Waals surface area contributed by atoms with Crippen molar-refractivity contribution in [2.45, 2.75) is 38.3 Å². The number of nitrogens with zero attached hydrogens (tertiary/aromatic N) is 1. The van der Waals surface area contributed by atoms with Gasteiger partial charge in [0.05, 0.1) is 0 Å². The molecule has 4 rings (SSSR count). The monoisotopic (exact) mass is 419 g/mol. The van der Waals surface area contributed by atoms with E-state index in [2.05, 4.69) is 10.6 Å². The standard InChI is InChI=1S/C25H29N3O3/c1-17(29)28-15-20-13-8-14-22(21(20)16-28)26-25(31)23(18-9-4-2-5-10-18)27-24(30)19-11-6-3-7-12-19/h2-7,9-12,20-23H,8,13-16H2,1H3,(H,26,31)(H,27,30). The van der Waals surface area contributed by atoms with Crippen LogP contribution in [0.3, 0.4) is 0 Å². The predicted octanol–water partition coefficient (Wildman–Crippen LogP) is 2.92. The molecule has 1 heterocycles. The van der Waals surface area contributed by atoms with E-state index in [1.807, 2.05) is 41.3 Å². The molecule has 162 valence electrons. The van der Waals surface area contributed by atoms with Gasteiger partial charge in [-0.3, -0.25) is 14.4 Å². The van der Waals surface area contributed by atoms with Crippen LogP contribution in [0.5, 0.6) is 0 Å². The number of rotatable bonds is 5. The zero-order valence-electron chi connectivity index (χ0n) is 17.8. The lowest BCUT2D eigenvalue weighted by Gasteiger charge is -2.34. The maximum absolute atomic E-state index is 13.4. The quantitative estimate of drug-likeness (QED) is 0.782. The van der Waals surface area contributed by atoms with Gasteiger partial charge in [0.25, 0.3) is 5.91 Å². The first kappa shape index (κ1) is 21.1. The highest BCUT2D eigenvalue weighted by Gasteiger charge is 2.42. The van der Waals surface area contributed by atoms with Crippen molar-refractivity contribution < 1.29 is 14.4 Å². The van der Waals surface area contributed by atoms with Crippen LogP contribution in [0.25, 0.3) is 0 Å². The number of nitrogens with one attached hydrogen (secondary N) is 2. The zero-order chi connectivity index (χ0) is 21.8. The fourth-order valence-corrected chi connectivity index (χ4v) is 4.92. The van der Waals surface area contributed by atoms with Gasteiger partial charge in [0.1, 0.15) is 6.04 Å². The van der Waals surface area contributed by atoms with E-state index >= 15 is 0 Å². The molecule has 1 saturated carbocycles. The van der Waals surface area contributed by atoms with Crippen molar-refractivity contribution in [2.75, 3.05) is 13.1 Å². The maximum atomic E-state index is 13.4. The van der Waals surface area contributed by atoms with Crippen molar-refractivity contribution in [3.8, 4) is 0 Å². The average molecular weight is 420 g/mol. The summed E-state index contributed by atoms with van der Waals surface area (Å²) < 4.78 is 0. The molecule has 1 saturated heterocycles. The number of carbonyl (C=O) groups is 3. The van der Waals surface area contributed by atoms with Crippen molar-refractivity contribution in [1.82, 2.24) is 15.5 Å². The molecule has 3 amide bonds. The molecule has 6 nitrogen and oxygen atoms in total. The molecule has 1 aliphatic carbocycles. The third kappa shape index (κ3) is 4.79. The molecule has 2 aromatic rings. The average Bonchev–Trinajstić information content (AvgIpc) is 3.24. The van der Waals surface area contributed by atoms with E-state index in [9.17, 15) is 14.4 Å². The maximum Gasteiger partial charge on any atom is 0.252 e. The molecule has 0 radical (unpaired) electrons. The second kappa shape index (κ2) is 9.33. The van der Waals surface area contributed by atoms with Crippen molar-refractivity contribution in [1.29, 1.82) is 0 Å². The largest absolute Gasteiger partial charge is 0.351 e. The Labute approximate surface area is 183 Å². The smallest absolute Gasteiger partial charge is 0.252 e. The van der Waals surface area contributed by atoms with E-state index in [0.29, 0.717) is 18.0 Å². The van der Waals surface area contributed by atoms with E-state index in [0.717, 1.165) is 31.4 Å². The number of hydrogen-bond donors (Lipinski definition) is 2. The lowest BCUT2D eigenvalue weighted by molar-refractivity contribution is -0.128. The summed E-state index contributed by atoms with van der Waals surface area (Å²) >= 11 is 0. The molecule has 2 fully saturated rings. The van der Waals surface area contributed by atoms with Crippen LogP contribution in [0, 0.1) is 11.8 Å². The number of fused-ring (bicyclic) bond motifs is 1. The van der Waals surface area contributed by atoms with Gasteiger partial charge in [-0.05, 0) is 36.5 Å². The summed E-state index contributed by atoms with van der Waals surface area (Å²) in [6.45, 7) is 3.08. The van der Waals surface area contributed by atoms with Crippen LogP contribution in [0.15, 0.2) is 60.7 Å². The minimum Gasteiger partial charge on any atom is -0.351 e. The fourth-order valence-electron chi connectivity index (χ4n) is 4.92. The summed E-state index contributed by atoms with van der Waals surface area (Å²) in [5.74, 6) is 0.300. The van der Waals surface area contributed by atoms with Gasteiger partial charge in [-0.25, -0.2) is 0 Å². The molecule has 0 bridgehead atoms. The minimum atomic E-state index is -0.778. The highest BCUT2D eigenvalue weighted by Crippen LogP contribution is 2.36. The Morgan fingerprint density at radius 2 is 1.61 bits per heavy atom. The molecule has 0 aromatic heterocycles. The number of likely N-dealkylation sites (tertiary alicyclic amines) is 1. The number of benzene rings is 2. The summed E-state index contributed by atoms with van der Waals surface area (Å²) in [6, 6.07) is 17.5. The third-order valence-electron chi connectivity index (χ3n) is 6.58. The molecule has 4 atom stereocenters. The van der Waals surface area contributed by atoms with Crippen LogP contribution in [0.1, 0.15) is 48.1 Å². The van der Waals surface area contributed by atoms with Gasteiger partial charge in [-0.15, -0.1) is 0 Å². The van der Waals surface area contributed by atoms with Crippen molar-refractivity contribution >= 4 is 17.7 Å². The fraction of sp³-hybridized carbons (Fsp3) is 0.400. The highest BCUT2D eigenvalue weighted by molar-refractivity contribution is 5.97. The van der Waals surface area contributed by atoms with Crippen LogP contribution in [0.2, 0.25) is 0 Å². The topological polar surface area (TPSA) is 78.5 Å². The first-order chi connectivity index (χ1) is 15.0. The van der Waals surface area contributed by atoms with Gasteiger partial charge in [-0.2, -0.15) is 0 Å². The molecule has 2 aliphatic rings. The predicted molar refractivity (Wildman–Crippen MR) is 118 cm³/mol. The lowest BCUT2D eigenvalue weighted by atomic mass is 9.78. The van der Waals surface area contributed by atoms with Crippen LogP contribution in [0.4, 0.5) is 0 Å². The van der Waals surface area contributed by atoms with Gasteiger partial charge >= 0.3 is 0 Å². The van der Waals surface area contributed by atoms with Crippen molar-refractivity contribution in [3.05, 3.63) is 71.8 Å². The molecule has 2 aromatic carbocycles. The summed E-state index contributed by atoms with van der Waals surface area (Å²) in [5.41, 5.74) is 1.26. The Bertz CT molecular complexity index is 932. The molecule has 2 N–H and O–H groups in total. The molecule has 1 aliphatic heterocycles. The summed E-state index contributed by atoms with van der Waals surface area (Å²) in [7, 11) is 0. The second-order valence-electron chi connectivity index (χ2n) is 8.58. The van der Waals surface area contributed by atoms with Crippen LogP contribution in [-0.4, -0.2) is 41.8 Å². The molecule has 31 heavy (non-hydrogen) atoms. The Hall–Kier alpha value is -3.15. The van der Waals surface area contributed by atoms with Gasteiger partial charge in [0.15, 0.2) is 0 Å². The normalized spacial score (nSPS) is 23.5. The Morgan fingerprint density at radius 3 is 2.29 bits per heavy atom. The first-order valence-electron chi connectivity index (χ1n) is 11.0. The van der Waals surface area contributed by atoms with E-state index in [1.54, 1.807) is 31.2 Å². The Balaban J connectivity index is 1.51. The zero-order valence-corrected chi connectivity index (χ0v) is 17.8. The summed E-state index contributed by atoms with van der Waals surface area (Å²) in [4.78, 5) is 39.9. The van der Waals surface area contributed by atoms with Crippen LogP contribution < -0.4 is 10.6 Å². The minimum absolute atomic E-state index is 0.00967. The van der Waals surface area contributed by atoms with Crippen molar-refractivity contribution in [2.24, 2.45) is 11.8 Å². The van der Waals surface area contributed by atoms with E-state index in [-0.39, 0.29) is 29.7 Å². The van der Waals surface area contributed by atoms with Crippen molar-refractivity contribution in [3.63, 3.8) is 0 Å². The van der Waals surface area contributed by atoms with Gasteiger partial charge in [0.2, 0.25) is 11.8 Å². The SMILES string of the molecule is CC(=O)N1CC2CCCC(NC(=O)C(NC(=O)c3ccccc3)c3ccccc3)C2C1. The number of hydrogen-bond acceptors (Lipinski definition) is 3.